The molecule has 1 saturated heterocycles. The summed E-state index contributed by atoms with van der Waals surface area (Å²) >= 11 is 0. The highest BCUT2D eigenvalue weighted by molar-refractivity contribution is 5.82. The van der Waals surface area contributed by atoms with E-state index in [1.165, 1.54) is 5.56 Å². The molecule has 164 valence electrons. The third-order valence-corrected chi connectivity index (χ3v) is 6.66. The zero-order valence-corrected chi connectivity index (χ0v) is 17.9. The normalized spacial score (nSPS) is 26.1. The van der Waals surface area contributed by atoms with Crippen molar-refractivity contribution in [3.8, 4) is 11.8 Å². The molecule has 1 aliphatic carbocycles. The molecule has 0 bridgehead atoms. The first-order valence-electron chi connectivity index (χ1n) is 11.0. The molecule has 2 aromatic heterocycles. The van der Waals surface area contributed by atoms with Crippen LogP contribution in [0.1, 0.15) is 54.8 Å². The highest BCUT2D eigenvalue weighted by Gasteiger charge is 2.31. The number of piperidine rings is 1. The van der Waals surface area contributed by atoms with E-state index in [9.17, 15) is 9.50 Å². The smallest absolute Gasteiger partial charge is 0.318 e. The minimum atomic E-state index is -0.899. The van der Waals surface area contributed by atoms with Gasteiger partial charge in [0.25, 0.3) is 0 Å². The standard InChI is InChI=1S/C23H28FN5O2/c1-3-13-6-15-11-26-29(21(15)9-18(13)17-4-5-25-12-19(17)24)22-10-20(14-7-16(30)8-14)27-23(28-22)31-2/h6,9-11,14,16-17,19,25,30H,3-5,7-8,12H2,1-2H3. The number of benzene rings is 1. The van der Waals surface area contributed by atoms with Crippen LogP contribution in [-0.4, -0.2) is 57.3 Å². The van der Waals surface area contributed by atoms with Crippen LogP contribution in [0.3, 0.4) is 0 Å². The topological polar surface area (TPSA) is 85.1 Å². The van der Waals surface area contributed by atoms with Gasteiger partial charge in [-0.05, 0) is 55.5 Å². The number of aliphatic hydroxyl groups excluding tert-OH is 1. The van der Waals surface area contributed by atoms with Crippen molar-refractivity contribution in [2.45, 2.75) is 56.7 Å². The first kappa shape index (κ1) is 20.3. The Labute approximate surface area is 180 Å². The van der Waals surface area contributed by atoms with Crippen LogP contribution in [0.5, 0.6) is 6.01 Å². The average molecular weight is 426 g/mol. The summed E-state index contributed by atoms with van der Waals surface area (Å²) in [4.78, 5) is 9.01. The molecular formula is C23H28FN5O2. The maximum absolute atomic E-state index is 14.8. The molecule has 31 heavy (non-hydrogen) atoms. The van der Waals surface area contributed by atoms with Crippen molar-refractivity contribution in [2.24, 2.45) is 0 Å². The molecule has 7 nitrogen and oxygen atoms in total. The van der Waals surface area contributed by atoms with Gasteiger partial charge in [-0.1, -0.05) is 6.92 Å². The minimum absolute atomic E-state index is 0.115. The molecule has 3 heterocycles. The highest BCUT2D eigenvalue weighted by atomic mass is 19.1. The van der Waals surface area contributed by atoms with Crippen molar-refractivity contribution in [3.63, 3.8) is 0 Å². The lowest BCUT2D eigenvalue weighted by atomic mass is 9.80. The fraction of sp³-hybridized carbons (Fsp3) is 0.522. The van der Waals surface area contributed by atoms with Crippen molar-refractivity contribution >= 4 is 10.9 Å². The van der Waals surface area contributed by atoms with Crippen molar-refractivity contribution in [1.29, 1.82) is 0 Å². The Kier molecular flexibility index (Phi) is 5.35. The van der Waals surface area contributed by atoms with Gasteiger partial charge < -0.3 is 15.2 Å². The minimum Gasteiger partial charge on any atom is -0.467 e. The summed E-state index contributed by atoms with van der Waals surface area (Å²) in [5.74, 6) is 0.697. The van der Waals surface area contributed by atoms with Crippen LogP contribution in [-0.2, 0) is 6.42 Å². The van der Waals surface area contributed by atoms with Gasteiger partial charge in [0.1, 0.15) is 6.17 Å². The molecule has 0 amide bonds. The SMILES string of the molecule is CCc1cc2cnn(-c3cc(C4CC(O)C4)nc(OC)n3)c2cc1C1CCNCC1F. The number of nitrogens with zero attached hydrogens (tertiary/aromatic N) is 4. The third-order valence-electron chi connectivity index (χ3n) is 6.66. The lowest BCUT2D eigenvalue weighted by Gasteiger charge is -2.31. The number of rotatable bonds is 5. The molecule has 0 spiro atoms. The third kappa shape index (κ3) is 3.68. The molecule has 1 aliphatic heterocycles. The van der Waals surface area contributed by atoms with E-state index in [-0.39, 0.29) is 24.0 Å². The Hall–Kier alpha value is -2.58. The average Bonchev–Trinajstić information content (AvgIpc) is 3.19. The summed E-state index contributed by atoms with van der Waals surface area (Å²) in [7, 11) is 1.55. The van der Waals surface area contributed by atoms with Gasteiger partial charge in [0.2, 0.25) is 0 Å². The maximum atomic E-state index is 14.8. The fourth-order valence-electron chi connectivity index (χ4n) is 4.81. The van der Waals surface area contributed by atoms with Gasteiger partial charge >= 0.3 is 6.01 Å². The van der Waals surface area contributed by atoms with Crippen LogP contribution >= 0.6 is 0 Å². The van der Waals surface area contributed by atoms with Crippen molar-refractivity contribution in [1.82, 2.24) is 25.1 Å². The number of hydrogen-bond donors (Lipinski definition) is 2. The van der Waals surface area contributed by atoms with Gasteiger partial charge in [0.15, 0.2) is 5.82 Å². The van der Waals surface area contributed by atoms with Crippen LogP contribution in [0.25, 0.3) is 16.7 Å². The van der Waals surface area contributed by atoms with Gasteiger partial charge in [-0.3, -0.25) is 0 Å². The first-order valence-corrected chi connectivity index (χ1v) is 11.0. The predicted molar refractivity (Wildman–Crippen MR) is 116 cm³/mol. The summed E-state index contributed by atoms with van der Waals surface area (Å²) in [6, 6.07) is 6.42. The fourth-order valence-corrected chi connectivity index (χ4v) is 4.81. The van der Waals surface area contributed by atoms with E-state index < -0.39 is 6.17 Å². The van der Waals surface area contributed by atoms with E-state index in [2.05, 4.69) is 39.4 Å². The number of alkyl halides is 1. The van der Waals surface area contributed by atoms with Crippen molar-refractivity contribution < 1.29 is 14.2 Å². The van der Waals surface area contributed by atoms with E-state index in [0.717, 1.165) is 41.5 Å². The summed E-state index contributed by atoms with van der Waals surface area (Å²) < 4.78 is 21.9. The molecule has 2 unspecified atom stereocenters. The van der Waals surface area contributed by atoms with Crippen LogP contribution in [0.15, 0.2) is 24.4 Å². The number of halogens is 1. The number of aromatic nitrogens is 4. The van der Waals surface area contributed by atoms with Gasteiger partial charge in [-0.15, -0.1) is 0 Å². The number of aliphatic hydroxyl groups is 1. The van der Waals surface area contributed by atoms with E-state index >= 15 is 0 Å². The van der Waals surface area contributed by atoms with Crippen LogP contribution in [0.2, 0.25) is 0 Å². The first-order chi connectivity index (χ1) is 15.1. The number of nitrogens with one attached hydrogen (secondary N) is 1. The second-order valence-electron chi connectivity index (χ2n) is 8.59. The summed E-state index contributed by atoms with van der Waals surface area (Å²) in [5, 5.41) is 18.4. The quantitative estimate of drug-likeness (QED) is 0.654. The maximum Gasteiger partial charge on any atom is 0.318 e. The van der Waals surface area contributed by atoms with E-state index in [0.29, 0.717) is 25.2 Å². The lowest BCUT2D eigenvalue weighted by Crippen LogP contribution is -2.37. The molecule has 1 saturated carbocycles. The number of methoxy groups -OCH3 is 1. The molecule has 0 radical (unpaired) electrons. The molecule has 2 fully saturated rings. The van der Waals surface area contributed by atoms with Crippen molar-refractivity contribution in [2.75, 3.05) is 20.2 Å². The number of ether oxygens (including phenoxy) is 1. The van der Waals surface area contributed by atoms with E-state index in [1.807, 2.05) is 12.3 Å². The number of hydrogen-bond acceptors (Lipinski definition) is 6. The monoisotopic (exact) mass is 425 g/mol. The number of aryl methyl sites for hydroxylation is 1. The second-order valence-corrected chi connectivity index (χ2v) is 8.59. The molecule has 1 aromatic carbocycles. The van der Waals surface area contributed by atoms with Gasteiger partial charge in [0.05, 0.1) is 30.6 Å². The lowest BCUT2D eigenvalue weighted by molar-refractivity contribution is 0.0729. The molecule has 2 aliphatic rings. The Balaban J connectivity index is 1.61. The van der Waals surface area contributed by atoms with Crippen molar-refractivity contribution in [3.05, 3.63) is 41.2 Å². The van der Waals surface area contributed by atoms with Gasteiger partial charge in [-0.2, -0.15) is 15.1 Å². The largest absolute Gasteiger partial charge is 0.467 e. The molecule has 8 heteroatoms. The highest BCUT2D eigenvalue weighted by Crippen LogP contribution is 2.37. The molecule has 3 aromatic rings. The number of fused-ring (bicyclic) bond motifs is 1. The Bertz CT molecular complexity index is 1100. The van der Waals surface area contributed by atoms with Crippen LogP contribution in [0.4, 0.5) is 4.39 Å². The Morgan fingerprint density at radius 1 is 1.26 bits per heavy atom. The summed E-state index contributed by atoms with van der Waals surface area (Å²) in [5.41, 5.74) is 3.99. The van der Waals surface area contributed by atoms with Crippen LogP contribution in [0, 0.1) is 0 Å². The molecule has 2 N–H and O–H groups in total. The molecule has 2 atom stereocenters. The second kappa shape index (κ2) is 8.16. The van der Waals surface area contributed by atoms with E-state index in [4.69, 9.17) is 4.74 Å². The molecular weight excluding hydrogens is 397 g/mol. The van der Waals surface area contributed by atoms with Gasteiger partial charge in [-0.25, -0.2) is 9.07 Å². The zero-order valence-electron chi connectivity index (χ0n) is 17.9. The molecule has 5 rings (SSSR count). The zero-order chi connectivity index (χ0) is 21.5. The van der Waals surface area contributed by atoms with Gasteiger partial charge in [0, 0.05) is 29.8 Å². The predicted octanol–water partition coefficient (Wildman–Crippen LogP) is 3.04. The van der Waals surface area contributed by atoms with Crippen LogP contribution < -0.4 is 10.1 Å². The van der Waals surface area contributed by atoms with E-state index in [1.54, 1.807) is 11.8 Å². The Morgan fingerprint density at radius 2 is 2.10 bits per heavy atom. The summed E-state index contributed by atoms with van der Waals surface area (Å²) in [6.07, 6.45) is 3.67. The Morgan fingerprint density at radius 3 is 2.81 bits per heavy atom. The summed E-state index contributed by atoms with van der Waals surface area (Å²) in [6.45, 7) is 3.33.